The first-order chi connectivity index (χ1) is 12.5. The Hall–Kier alpha value is -2.43. The Morgan fingerprint density at radius 2 is 1.38 bits per heavy atom. The van der Waals surface area contributed by atoms with Gasteiger partial charge >= 0.3 is 0 Å². The van der Waals surface area contributed by atoms with Gasteiger partial charge in [-0.1, -0.05) is 81.4 Å². The van der Waals surface area contributed by atoms with Crippen molar-refractivity contribution >= 4 is 19.4 Å². The van der Waals surface area contributed by atoms with E-state index in [0.717, 1.165) is 0 Å². The highest BCUT2D eigenvalue weighted by atomic mass is 28.3. The number of aromatic nitrogens is 1. The van der Waals surface area contributed by atoms with E-state index in [1.165, 1.54) is 10.4 Å². The second kappa shape index (κ2) is 7.85. The van der Waals surface area contributed by atoms with Crippen LogP contribution in [-0.2, 0) is 4.43 Å². The van der Waals surface area contributed by atoms with Gasteiger partial charge in [0.2, 0.25) is 0 Å². The Balaban J connectivity index is 2.05. The zero-order valence-corrected chi connectivity index (χ0v) is 16.4. The van der Waals surface area contributed by atoms with E-state index in [0.29, 0.717) is 5.69 Å². The number of hydrogen-bond acceptors (Lipinski definition) is 3. The van der Waals surface area contributed by atoms with Crippen LogP contribution in [0.2, 0.25) is 0 Å². The predicted molar refractivity (Wildman–Crippen MR) is 107 cm³/mol. The molecule has 2 aromatic carbocycles. The average Bonchev–Trinajstić information content (AvgIpc) is 2.64. The molecule has 1 N–H and O–H groups in total. The smallest absolute Gasteiger partial charge is 0.283 e. The Kier molecular flexibility index (Phi) is 5.54. The molecule has 0 saturated heterocycles. The number of aromatic hydroxyl groups is 1. The fourth-order valence-corrected chi connectivity index (χ4v) is 5.15. The Morgan fingerprint density at radius 3 is 1.85 bits per heavy atom. The second-order valence-corrected chi connectivity index (χ2v) is 9.38. The van der Waals surface area contributed by atoms with Crippen molar-refractivity contribution in [3.63, 3.8) is 0 Å². The molecule has 0 spiro atoms. The van der Waals surface area contributed by atoms with Crippen molar-refractivity contribution in [2.75, 3.05) is 0 Å². The zero-order valence-electron chi connectivity index (χ0n) is 15.4. The van der Waals surface area contributed by atoms with Crippen molar-refractivity contribution in [3.05, 3.63) is 84.7 Å². The second-order valence-electron chi connectivity index (χ2n) is 7.33. The zero-order chi connectivity index (χ0) is 18.6. The lowest BCUT2D eigenvalue weighted by molar-refractivity contribution is 0.0831. The van der Waals surface area contributed by atoms with Crippen LogP contribution in [0.15, 0.2) is 79.0 Å². The molecule has 3 rings (SSSR count). The van der Waals surface area contributed by atoms with Crippen LogP contribution < -0.4 is 10.4 Å². The van der Waals surface area contributed by atoms with Gasteiger partial charge in [0.1, 0.15) is 11.4 Å². The fraction of sp³-hybridized carbons (Fsp3) is 0.227. The molecule has 0 amide bonds. The van der Waals surface area contributed by atoms with E-state index in [9.17, 15) is 5.11 Å². The van der Waals surface area contributed by atoms with Gasteiger partial charge in [-0.05, 0) is 27.9 Å². The molecule has 1 unspecified atom stereocenters. The van der Waals surface area contributed by atoms with Crippen molar-refractivity contribution in [2.24, 2.45) is 5.41 Å². The quantitative estimate of drug-likeness (QED) is 0.704. The number of benzene rings is 2. The van der Waals surface area contributed by atoms with Gasteiger partial charge < -0.3 is 9.53 Å². The third kappa shape index (κ3) is 4.21. The number of nitrogens with zero attached hydrogens (tertiary/aromatic N) is 1. The molecule has 4 heteroatoms. The standard InChI is InChI=1S/C22H24NO2Si/c1-22(2,3)21(20-19(24)15-10-16-23-20)25-26(17-11-6-4-7-12-17)18-13-8-5-9-14-18/h4-16,21,24H,1-3H3. The maximum atomic E-state index is 10.4. The molecule has 1 radical (unpaired) electrons. The minimum Gasteiger partial charge on any atom is -0.506 e. The molecule has 0 aliphatic rings. The maximum absolute atomic E-state index is 10.4. The third-order valence-corrected chi connectivity index (χ3v) is 6.35. The largest absolute Gasteiger partial charge is 0.506 e. The van der Waals surface area contributed by atoms with Gasteiger partial charge in [-0.3, -0.25) is 4.98 Å². The van der Waals surface area contributed by atoms with Gasteiger partial charge in [-0.25, -0.2) is 0 Å². The molecule has 3 nitrogen and oxygen atoms in total. The van der Waals surface area contributed by atoms with Crippen molar-refractivity contribution in [3.8, 4) is 5.75 Å². The van der Waals surface area contributed by atoms with Crippen LogP contribution in [0.4, 0.5) is 0 Å². The molecule has 0 bridgehead atoms. The van der Waals surface area contributed by atoms with Crippen molar-refractivity contribution < 1.29 is 9.53 Å². The van der Waals surface area contributed by atoms with Crippen LogP contribution in [0.5, 0.6) is 5.75 Å². The highest BCUT2D eigenvalue weighted by Gasteiger charge is 2.34. The van der Waals surface area contributed by atoms with Crippen LogP contribution in [0.1, 0.15) is 32.6 Å². The van der Waals surface area contributed by atoms with Crippen LogP contribution in [-0.4, -0.2) is 19.1 Å². The molecule has 1 atom stereocenters. The summed E-state index contributed by atoms with van der Waals surface area (Å²) in [6.07, 6.45) is 1.38. The molecule has 0 aliphatic heterocycles. The summed E-state index contributed by atoms with van der Waals surface area (Å²) in [5.74, 6) is 0.176. The van der Waals surface area contributed by atoms with Gasteiger partial charge in [0.15, 0.2) is 0 Å². The van der Waals surface area contributed by atoms with Gasteiger partial charge in [0.05, 0.1) is 6.10 Å². The predicted octanol–water partition coefficient (Wildman–Crippen LogP) is 3.70. The lowest BCUT2D eigenvalue weighted by atomic mass is 9.87. The van der Waals surface area contributed by atoms with Crippen molar-refractivity contribution in [2.45, 2.75) is 26.9 Å². The van der Waals surface area contributed by atoms with E-state index < -0.39 is 9.04 Å². The number of rotatable bonds is 5. The van der Waals surface area contributed by atoms with Gasteiger partial charge in [-0.2, -0.15) is 0 Å². The molecule has 0 saturated carbocycles. The molecule has 3 aromatic rings. The summed E-state index contributed by atoms with van der Waals surface area (Å²) < 4.78 is 6.73. The van der Waals surface area contributed by atoms with E-state index >= 15 is 0 Å². The summed E-state index contributed by atoms with van der Waals surface area (Å²) >= 11 is 0. The van der Waals surface area contributed by atoms with E-state index in [1.54, 1.807) is 18.3 Å². The summed E-state index contributed by atoms with van der Waals surface area (Å²) in [6.45, 7) is 6.34. The first kappa shape index (κ1) is 18.4. The Labute approximate surface area is 157 Å². The highest BCUT2D eigenvalue weighted by Crippen LogP contribution is 2.38. The fourth-order valence-electron chi connectivity index (χ4n) is 2.85. The topological polar surface area (TPSA) is 42.4 Å². The molecule has 26 heavy (non-hydrogen) atoms. The Bertz CT molecular complexity index is 792. The minimum absolute atomic E-state index is 0.176. The molecular weight excluding hydrogens is 338 g/mol. The third-order valence-electron chi connectivity index (χ3n) is 4.16. The molecule has 1 heterocycles. The summed E-state index contributed by atoms with van der Waals surface area (Å²) in [5.41, 5.74) is 0.375. The molecule has 133 valence electrons. The van der Waals surface area contributed by atoms with E-state index in [2.05, 4.69) is 50.0 Å². The van der Waals surface area contributed by atoms with Crippen molar-refractivity contribution in [1.82, 2.24) is 4.98 Å². The van der Waals surface area contributed by atoms with E-state index in [-0.39, 0.29) is 17.3 Å². The normalized spacial score (nSPS) is 12.9. The first-order valence-corrected chi connectivity index (χ1v) is 10.2. The summed E-state index contributed by atoms with van der Waals surface area (Å²) in [6, 6.07) is 24.0. The Morgan fingerprint density at radius 1 is 0.846 bits per heavy atom. The minimum atomic E-state index is -1.50. The molecule has 1 aromatic heterocycles. The lowest BCUT2D eigenvalue weighted by Gasteiger charge is -2.33. The lowest BCUT2D eigenvalue weighted by Crippen LogP contribution is -2.47. The first-order valence-electron chi connectivity index (χ1n) is 8.75. The van der Waals surface area contributed by atoms with Gasteiger partial charge in [0, 0.05) is 6.20 Å². The number of pyridine rings is 1. The molecular formula is C22H24NO2Si. The van der Waals surface area contributed by atoms with Crippen LogP contribution in [0.3, 0.4) is 0 Å². The summed E-state index contributed by atoms with van der Waals surface area (Å²) in [7, 11) is -1.50. The number of hydrogen-bond donors (Lipinski definition) is 1. The highest BCUT2D eigenvalue weighted by molar-refractivity contribution is 6.80. The SMILES string of the molecule is CC(C)(C)C(O[Si](c1ccccc1)c1ccccc1)c1ncccc1O. The van der Waals surface area contributed by atoms with Crippen LogP contribution >= 0.6 is 0 Å². The van der Waals surface area contributed by atoms with Crippen molar-refractivity contribution in [1.29, 1.82) is 0 Å². The molecule has 0 aliphatic carbocycles. The van der Waals surface area contributed by atoms with Gasteiger partial charge in [-0.15, -0.1) is 0 Å². The summed E-state index contributed by atoms with van der Waals surface area (Å²) in [5, 5.41) is 12.7. The van der Waals surface area contributed by atoms with Crippen LogP contribution in [0.25, 0.3) is 0 Å². The maximum Gasteiger partial charge on any atom is 0.283 e. The van der Waals surface area contributed by atoms with Gasteiger partial charge in [0.25, 0.3) is 9.04 Å². The monoisotopic (exact) mass is 362 g/mol. The average molecular weight is 363 g/mol. The van der Waals surface area contributed by atoms with E-state index in [1.807, 2.05) is 36.4 Å². The van der Waals surface area contributed by atoms with E-state index in [4.69, 9.17) is 4.43 Å². The van der Waals surface area contributed by atoms with Crippen LogP contribution in [0, 0.1) is 5.41 Å². The summed E-state index contributed by atoms with van der Waals surface area (Å²) in [4.78, 5) is 4.43. The molecule has 0 fully saturated rings.